The summed E-state index contributed by atoms with van der Waals surface area (Å²) in [5, 5.41) is 15.6. The molecule has 5 heteroatoms. The van der Waals surface area contributed by atoms with Crippen molar-refractivity contribution < 1.29 is 14.6 Å². The molecule has 0 saturated carbocycles. The number of benzene rings is 1. The lowest BCUT2D eigenvalue weighted by molar-refractivity contribution is 0.0691. The van der Waals surface area contributed by atoms with Gasteiger partial charge in [-0.3, -0.25) is 5.10 Å². The van der Waals surface area contributed by atoms with Crippen LogP contribution in [0.15, 0.2) is 24.3 Å². The van der Waals surface area contributed by atoms with Gasteiger partial charge in [-0.15, -0.1) is 0 Å². The Labute approximate surface area is 111 Å². The summed E-state index contributed by atoms with van der Waals surface area (Å²) >= 11 is 0. The van der Waals surface area contributed by atoms with Gasteiger partial charge in [0.15, 0.2) is 5.69 Å². The average Bonchev–Trinajstić information content (AvgIpc) is 2.71. The maximum Gasteiger partial charge on any atom is 0.357 e. The first-order valence-corrected chi connectivity index (χ1v) is 6.04. The molecule has 0 bridgehead atoms. The molecular weight excluding hydrogens is 244 g/mol. The highest BCUT2D eigenvalue weighted by Gasteiger charge is 2.18. The van der Waals surface area contributed by atoms with Gasteiger partial charge in [0.1, 0.15) is 5.75 Å². The molecular formula is C14H16N2O3. The minimum Gasteiger partial charge on any atom is -0.491 e. The predicted molar refractivity (Wildman–Crippen MR) is 71.5 cm³/mol. The lowest BCUT2D eigenvalue weighted by Crippen LogP contribution is -2.05. The van der Waals surface area contributed by atoms with Crippen molar-refractivity contribution in [2.24, 2.45) is 0 Å². The summed E-state index contributed by atoms with van der Waals surface area (Å²) in [6.07, 6.45) is 0.107. The van der Waals surface area contributed by atoms with Gasteiger partial charge in [0.05, 0.1) is 6.10 Å². The van der Waals surface area contributed by atoms with Crippen molar-refractivity contribution in [1.29, 1.82) is 0 Å². The topological polar surface area (TPSA) is 75.2 Å². The van der Waals surface area contributed by atoms with Gasteiger partial charge < -0.3 is 9.84 Å². The van der Waals surface area contributed by atoms with Crippen LogP contribution in [0.5, 0.6) is 5.75 Å². The zero-order valence-corrected chi connectivity index (χ0v) is 11.1. The van der Waals surface area contributed by atoms with Crippen molar-refractivity contribution in [3.63, 3.8) is 0 Å². The fraction of sp³-hybridized carbons (Fsp3) is 0.286. The number of carboxylic acids is 1. The highest BCUT2D eigenvalue weighted by molar-refractivity contribution is 5.94. The second-order valence-corrected chi connectivity index (χ2v) is 4.57. The SMILES string of the molecule is Cc1[nH]nc(C(=O)O)c1-c1ccc(OC(C)C)cc1. The number of H-pyrrole nitrogens is 1. The molecule has 0 atom stereocenters. The van der Waals surface area contributed by atoms with E-state index in [0.29, 0.717) is 5.56 Å². The first kappa shape index (κ1) is 13.1. The van der Waals surface area contributed by atoms with E-state index < -0.39 is 5.97 Å². The molecule has 0 aliphatic carbocycles. The molecule has 1 aromatic heterocycles. The molecule has 100 valence electrons. The fourth-order valence-electron chi connectivity index (χ4n) is 1.91. The maximum absolute atomic E-state index is 11.1. The van der Waals surface area contributed by atoms with Crippen LogP contribution in [0.25, 0.3) is 11.1 Å². The number of rotatable bonds is 4. The third kappa shape index (κ3) is 2.76. The van der Waals surface area contributed by atoms with Crippen molar-refractivity contribution >= 4 is 5.97 Å². The van der Waals surface area contributed by atoms with E-state index in [1.165, 1.54) is 0 Å². The number of aromatic nitrogens is 2. The van der Waals surface area contributed by atoms with Gasteiger partial charge in [-0.25, -0.2) is 4.79 Å². The van der Waals surface area contributed by atoms with Gasteiger partial charge in [-0.2, -0.15) is 5.10 Å². The van der Waals surface area contributed by atoms with Gasteiger partial charge >= 0.3 is 5.97 Å². The summed E-state index contributed by atoms with van der Waals surface area (Å²) in [6.45, 7) is 5.71. The Hall–Kier alpha value is -2.30. The van der Waals surface area contributed by atoms with E-state index in [0.717, 1.165) is 17.0 Å². The zero-order chi connectivity index (χ0) is 14.0. The second kappa shape index (κ2) is 5.14. The van der Waals surface area contributed by atoms with E-state index in [-0.39, 0.29) is 11.8 Å². The van der Waals surface area contributed by atoms with Gasteiger partial charge in [-0.1, -0.05) is 12.1 Å². The van der Waals surface area contributed by atoms with Crippen LogP contribution in [0.2, 0.25) is 0 Å². The fourth-order valence-corrected chi connectivity index (χ4v) is 1.91. The van der Waals surface area contributed by atoms with Crippen LogP contribution in [0.4, 0.5) is 0 Å². The van der Waals surface area contributed by atoms with Crippen LogP contribution in [-0.2, 0) is 0 Å². The molecule has 0 spiro atoms. The number of aromatic amines is 1. The summed E-state index contributed by atoms with van der Waals surface area (Å²) in [7, 11) is 0. The summed E-state index contributed by atoms with van der Waals surface area (Å²) < 4.78 is 5.55. The summed E-state index contributed by atoms with van der Waals surface area (Å²) in [5.41, 5.74) is 2.19. The third-order valence-electron chi connectivity index (χ3n) is 2.66. The molecule has 0 amide bonds. The Balaban J connectivity index is 2.37. The third-order valence-corrected chi connectivity index (χ3v) is 2.66. The van der Waals surface area contributed by atoms with Gasteiger partial charge in [-0.05, 0) is 38.5 Å². The van der Waals surface area contributed by atoms with Crippen molar-refractivity contribution in [2.75, 3.05) is 0 Å². The zero-order valence-electron chi connectivity index (χ0n) is 11.1. The molecule has 2 rings (SSSR count). The Bertz CT molecular complexity index is 585. The molecule has 0 unspecified atom stereocenters. The molecule has 19 heavy (non-hydrogen) atoms. The van der Waals surface area contributed by atoms with Crippen LogP contribution in [-0.4, -0.2) is 27.4 Å². The molecule has 2 aromatic rings. The van der Waals surface area contributed by atoms with Gasteiger partial charge in [0, 0.05) is 11.3 Å². The van der Waals surface area contributed by atoms with E-state index >= 15 is 0 Å². The number of carboxylic acid groups (broad SMARTS) is 1. The lowest BCUT2D eigenvalue weighted by atomic mass is 10.0. The molecule has 0 fully saturated rings. The minimum absolute atomic E-state index is 0.0371. The van der Waals surface area contributed by atoms with Crippen LogP contribution in [0.3, 0.4) is 0 Å². The summed E-state index contributed by atoms with van der Waals surface area (Å²) in [5.74, 6) is -0.279. The number of hydrogen-bond donors (Lipinski definition) is 2. The second-order valence-electron chi connectivity index (χ2n) is 4.57. The summed E-state index contributed by atoms with van der Waals surface area (Å²) in [6, 6.07) is 7.32. The number of aryl methyl sites for hydroxylation is 1. The lowest BCUT2D eigenvalue weighted by Gasteiger charge is -2.10. The Morgan fingerprint density at radius 1 is 1.32 bits per heavy atom. The monoisotopic (exact) mass is 260 g/mol. The molecule has 1 aromatic carbocycles. The van der Waals surface area contributed by atoms with E-state index in [1.807, 2.05) is 38.1 Å². The average molecular weight is 260 g/mol. The smallest absolute Gasteiger partial charge is 0.357 e. The number of nitrogens with one attached hydrogen (secondary N) is 1. The number of aromatic carboxylic acids is 1. The van der Waals surface area contributed by atoms with Crippen molar-refractivity contribution in [1.82, 2.24) is 10.2 Å². The van der Waals surface area contributed by atoms with Gasteiger partial charge in [0.2, 0.25) is 0 Å². The highest BCUT2D eigenvalue weighted by atomic mass is 16.5. The Morgan fingerprint density at radius 3 is 2.47 bits per heavy atom. The van der Waals surface area contributed by atoms with Crippen LogP contribution < -0.4 is 4.74 Å². The van der Waals surface area contributed by atoms with Crippen LogP contribution in [0, 0.1) is 6.92 Å². The quantitative estimate of drug-likeness (QED) is 0.886. The standard InChI is InChI=1S/C14H16N2O3/c1-8(2)19-11-6-4-10(5-7-11)12-9(3)15-16-13(12)14(17)18/h4-8H,1-3H3,(H,15,16)(H,17,18). The Kier molecular flexibility index (Phi) is 3.55. The van der Waals surface area contributed by atoms with Crippen LogP contribution >= 0.6 is 0 Å². The number of hydrogen-bond acceptors (Lipinski definition) is 3. The molecule has 0 radical (unpaired) electrons. The molecule has 0 aliphatic heterocycles. The summed E-state index contributed by atoms with van der Waals surface area (Å²) in [4.78, 5) is 11.1. The number of ether oxygens (including phenoxy) is 1. The molecule has 5 nitrogen and oxygen atoms in total. The molecule has 1 heterocycles. The number of nitrogens with zero attached hydrogens (tertiary/aromatic N) is 1. The van der Waals surface area contributed by atoms with Crippen molar-refractivity contribution in [3.8, 4) is 16.9 Å². The van der Waals surface area contributed by atoms with E-state index in [2.05, 4.69) is 10.2 Å². The van der Waals surface area contributed by atoms with Crippen molar-refractivity contribution in [3.05, 3.63) is 35.7 Å². The predicted octanol–water partition coefficient (Wildman–Crippen LogP) is 2.87. The largest absolute Gasteiger partial charge is 0.491 e. The van der Waals surface area contributed by atoms with E-state index in [1.54, 1.807) is 6.92 Å². The Morgan fingerprint density at radius 2 is 1.95 bits per heavy atom. The molecule has 0 saturated heterocycles. The molecule has 0 aliphatic rings. The molecule has 2 N–H and O–H groups in total. The minimum atomic E-state index is -1.04. The van der Waals surface area contributed by atoms with E-state index in [4.69, 9.17) is 9.84 Å². The highest BCUT2D eigenvalue weighted by Crippen LogP contribution is 2.27. The first-order valence-electron chi connectivity index (χ1n) is 6.04. The maximum atomic E-state index is 11.1. The van der Waals surface area contributed by atoms with E-state index in [9.17, 15) is 4.79 Å². The number of carbonyl (C=O) groups is 1. The van der Waals surface area contributed by atoms with Crippen molar-refractivity contribution in [2.45, 2.75) is 26.9 Å². The normalized spacial score (nSPS) is 10.7. The van der Waals surface area contributed by atoms with Gasteiger partial charge in [0.25, 0.3) is 0 Å². The van der Waals surface area contributed by atoms with Crippen LogP contribution in [0.1, 0.15) is 30.0 Å². The first-order chi connectivity index (χ1) is 8.99.